The van der Waals surface area contributed by atoms with Crippen molar-refractivity contribution in [2.45, 2.75) is 26.8 Å². The van der Waals surface area contributed by atoms with Crippen LogP contribution in [0.3, 0.4) is 0 Å². The summed E-state index contributed by atoms with van der Waals surface area (Å²) in [5.41, 5.74) is 5.73. The number of nitrogens with zero attached hydrogens (tertiary/aromatic N) is 3. The van der Waals surface area contributed by atoms with E-state index in [-0.39, 0.29) is 5.56 Å². The third-order valence-electron chi connectivity index (χ3n) is 5.95. The molecule has 0 spiro atoms. The fourth-order valence-corrected chi connectivity index (χ4v) is 4.23. The summed E-state index contributed by atoms with van der Waals surface area (Å²) in [4.78, 5) is 31.9. The molecular formula is C27H24N4O5. The predicted octanol–water partition coefficient (Wildman–Crippen LogP) is 4.89. The molecule has 3 aromatic carbocycles. The summed E-state index contributed by atoms with van der Waals surface area (Å²) in [5.74, 6) is -1.33. The van der Waals surface area contributed by atoms with Gasteiger partial charge in [-0.3, -0.25) is 4.57 Å². The minimum atomic E-state index is -1.01. The second kappa shape index (κ2) is 9.53. The first-order chi connectivity index (χ1) is 17.5. The Morgan fingerprint density at radius 1 is 1.06 bits per heavy atom. The maximum Gasteiger partial charge on any atom is 0.460 e. The largest absolute Gasteiger partial charge is 0.478 e. The van der Waals surface area contributed by atoms with E-state index >= 15 is 0 Å². The van der Waals surface area contributed by atoms with E-state index in [1.807, 2.05) is 66.9 Å². The molecule has 36 heavy (non-hydrogen) atoms. The number of carbonyl (C=O) groups is 1. The van der Waals surface area contributed by atoms with Gasteiger partial charge in [0, 0.05) is 5.56 Å². The topological polar surface area (TPSA) is 123 Å². The number of ether oxygens (including phenoxy) is 1. The molecule has 0 atom stereocenters. The molecule has 5 aromatic rings. The lowest BCUT2D eigenvalue weighted by Crippen LogP contribution is -2.08. The van der Waals surface area contributed by atoms with Gasteiger partial charge in [-0.25, -0.2) is 9.59 Å². The molecule has 0 radical (unpaired) electrons. The van der Waals surface area contributed by atoms with Crippen LogP contribution in [0.25, 0.3) is 33.5 Å². The first-order valence-electron chi connectivity index (χ1n) is 11.6. The quantitative estimate of drug-likeness (QED) is 0.321. The van der Waals surface area contributed by atoms with Crippen LogP contribution in [0.2, 0.25) is 0 Å². The number of aryl methyl sites for hydroxylation is 1. The maximum absolute atomic E-state index is 12.0. The van der Waals surface area contributed by atoms with Crippen molar-refractivity contribution < 1.29 is 19.2 Å². The van der Waals surface area contributed by atoms with Gasteiger partial charge in [0.05, 0.1) is 29.7 Å². The van der Waals surface area contributed by atoms with Crippen molar-refractivity contribution >= 4 is 17.0 Å². The van der Waals surface area contributed by atoms with E-state index < -0.39 is 11.7 Å². The number of aromatic carboxylic acids is 1. The summed E-state index contributed by atoms with van der Waals surface area (Å²) < 4.78 is 12.5. The Balaban J connectivity index is 1.54. The highest BCUT2D eigenvalue weighted by Crippen LogP contribution is 2.32. The number of aromatic amines is 1. The molecule has 0 fully saturated rings. The number of H-pyrrole nitrogens is 1. The number of rotatable bonds is 8. The molecule has 182 valence electrons. The number of carboxylic acid groups (broad SMARTS) is 1. The summed E-state index contributed by atoms with van der Waals surface area (Å²) >= 11 is 0. The van der Waals surface area contributed by atoms with Gasteiger partial charge in [0.25, 0.3) is 6.01 Å². The van der Waals surface area contributed by atoms with Gasteiger partial charge >= 0.3 is 11.7 Å². The zero-order valence-electron chi connectivity index (χ0n) is 19.8. The van der Waals surface area contributed by atoms with Crippen LogP contribution in [0.15, 0.2) is 70.0 Å². The third-order valence-corrected chi connectivity index (χ3v) is 5.95. The van der Waals surface area contributed by atoms with Gasteiger partial charge in [0.2, 0.25) is 0 Å². The summed E-state index contributed by atoms with van der Waals surface area (Å²) in [6.45, 7) is 4.78. The van der Waals surface area contributed by atoms with Crippen molar-refractivity contribution in [3.63, 3.8) is 0 Å². The highest BCUT2D eigenvalue weighted by molar-refractivity contribution is 6.02. The summed E-state index contributed by atoms with van der Waals surface area (Å²) in [6, 6.07) is 19.3. The average molecular weight is 485 g/mol. The first kappa shape index (κ1) is 23.1. The summed E-state index contributed by atoms with van der Waals surface area (Å²) in [6.07, 6.45) is 0.804. The van der Waals surface area contributed by atoms with E-state index in [1.54, 1.807) is 12.1 Å². The van der Waals surface area contributed by atoms with Crippen LogP contribution in [0, 0.1) is 6.92 Å². The Morgan fingerprint density at radius 2 is 1.81 bits per heavy atom. The van der Waals surface area contributed by atoms with Crippen LogP contribution in [-0.4, -0.2) is 37.4 Å². The van der Waals surface area contributed by atoms with E-state index in [0.717, 1.165) is 34.2 Å². The third kappa shape index (κ3) is 4.26. The minimum Gasteiger partial charge on any atom is -0.478 e. The van der Waals surface area contributed by atoms with Crippen molar-refractivity contribution in [2.24, 2.45) is 0 Å². The Labute approximate surface area is 206 Å². The van der Waals surface area contributed by atoms with Crippen LogP contribution in [0.5, 0.6) is 6.01 Å². The Kier molecular flexibility index (Phi) is 6.12. The highest BCUT2D eigenvalue weighted by atomic mass is 16.5. The van der Waals surface area contributed by atoms with Crippen LogP contribution in [-0.2, 0) is 6.54 Å². The van der Waals surface area contributed by atoms with Crippen LogP contribution in [0.4, 0.5) is 0 Å². The molecule has 2 aromatic heterocycles. The van der Waals surface area contributed by atoms with Crippen molar-refractivity contribution in [3.8, 4) is 28.5 Å². The molecule has 2 heterocycles. The molecule has 2 N–H and O–H groups in total. The molecule has 0 amide bonds. The molecule has 0 saturated carbocycles. The van der Waals surface area contributed by atoms with Crippen molar-refractivity contribution in [1.29, 1.82) is 0 Å². The zero-order valence-corrected chi connectivity index (χ0v) is 19.8. The maximum atomic E-state index is 12.0. The smallest absolute Gasteiger partial charge is 0.460 e. The number of aromatic nitrogens is 4. The first-order valence-corrected chi connectivity index (χ1v) is 11.6. The van der Waals surface area contributed by atoms with Gasteiger partial charge in [-0.05, 0) is 41.7 Å². The lowest BCUT2D eigenvalue weighted by atomic mass is 9.98. The second-order valence-electron chi connectivity index (χ2n) is 8.43. The van der Waals surface area contributed by atoms with E-state index in [4.69, 9.17) is 9.26 Å². The predicted molar refractivity (Wildman–Crippen MR) is 134 cm³/mol. The van der Waals surface area contributed by atoms with Crippen molar-refractivity contribution in [3.05, 3.63) is 87.9 Å². The standard InChI is InChI=1S/C27H24N4O5/c1-3-14-35-26-28-22-16(2)8-13-21(25(32)33)23(22)31(26)15-17-9-11-18(12-10-17)19-6-4-5-7-20(19)24-29-27(34)36-30-24/h4-13H,3,14-15H2,1-2H3,(H,32,33)(H,29,30,34). The summed E-state index contributed by atoms with van der Waals surface area (Å²) in [5, 5.41) is 12.4. The molecule has 9 heteroatoms. The van der Waals surface area contributed by atoms with Gasteiger partial charge in [0.15, 0.2) is 5.82 Å². The van der Waals surface area contributed by atoms with Gasteiger partial charge in [-0.15, -0.1) is 0 Å². The molecule has 5 rings (SSSR count). The van der Waals surface area contributed by atoms with E-state index in [2.05, 4.69) is 15.1 Å². The minimum absolute atomic E-state index is 0.182. The normalized spacial score (nSPS) is 11.2. The van der Waals surface area contributed by atoms with Gasteiger partial charge < -0.3 is 14.4 Å². The number of hydrogen-bond acceptors (Lipinski definition) is 6. The van der Waals surface area contributed by atoms with Crippen LogP contribution in [0.1, 0.15) is 34.8 Å². The average Bonchev–Trinajstić information content (AvgIpc) is 3.47. The number of nitrogens with one attached hydrogen (secondary N) is 1. The number of hydrogen-bond donors (Lipinski definition) is 2. The second-order valence-corrected chi connectivity index (χ2v) is 8.43. The highest BCUT2D eigenvalue weighted by Gasteiger charge is 2.21. The SMILES string of the molecule is CCCOc1nc2c(C)ccc(C(=O)O)c2n1Cc1ccc(-c2ccccc2-c2nc(=O)o[nH]2)cc1. The molecule has 0 saturated heterocycles. The monoisotopic (exact) mass is 484 g/mol. The molecule has 0 bridgehead atoms. The van der Waals surface area contributed by atoms with E-state index in [0.29, 0.717) is 36.0 Å². The van der Waals surface area contributed by atoms with Gasteiger partial charge in [0.1, 0.15) is 0 Å². The Bertz CT molecular complexity index is 1610. The lowest BCUT2D eigenvalue weighted by molar-refractivity contribution is 0.0698. The Hall–Kier alpha value is -4.66. The van der Waals surface area contributed by atoms with Crippen molar-refractivity contribution in [2.75, 3.05) is 6.61 Å². The van der Waals surface area contributed by atoms with Crippen LogP contribution >= 0.6 is 0 Å². The number of benzene rings is 3. The van der Waals surface area contributed by atoms with Crippen molar-refractivity contribution in [1.82, 2.24) is 19.7 Å². The molecule has 0 aliphatic heterocycles. The lowest BCUT2D eigenvalue weighted by Gasteiger charge is -2.12. The van der Waals surface area contributed by atoms with E-state index in [1.165, 1.54) is 0 Å². The number of fused-ring (bicyclic) bond motifs is 1. The number of imidazole rings is 1. The Morgan fingerprint density at radius 3 is 2.47 bits per heavy atom. The fraction of sp³-hybridized carbons (Fsp3) is 0.185. The fourth-order valence-electron chi connectivity index (χ4n) is 4.23. The number of carboxylic acids is 1. The van der Waals surface area contributed by atoms with E-state index in [9.17, 15) is 14.7 Å². The molecule has 0 unspecified atom stereocenters. The molecule has 9 nitrogen and oxygen atoms in total. The molecule has 0 aliphatic rings. The van der Waals surface area contributed by atoms with Gasteiger partial charge in [-0.1, -0.05) is 61.5 Å². The molecular weight excluding hydrogens is 460 g/mol. The van der Waals surface area contributed by atoms with Crippen LogP contribution < -0.4 is 10.5 Å². The zero-order chi connectivity index (χ0) is 25.2. The summed E-state index contributed by atoms with van der Waals surface area (Å²) in [7, 11) is 0. The molecule has 0 aliphatic carbocycles. The van der Waals surface area contributed by atoms with Gasteiger partial charge in [-0.2, -0.15) is 15.1 Å².